The summed E-state index contributed by atoms with van der Waals surface area (Å²) >= 11 is 1.65. The molecular formula is C27H35N3O3S. The SMILES string of the molecule is CSCCC(NC(=O)c1cccc(C)c1)C(=O)N1CCN(C(=O)c2ccc(C(C)C)cc2)CC1. The number of hydrogen-bond donors (Lipinski definition) is 1. The molecule has 3 amide bonds. The lowest BCUT2D eigenvalue weighted by atomic mass is 10.0. The molecule has 0 radical (unpaired) electrons. The average Bonchev–Trinajstić information content (AvgIpc) is 2.85. The zero-order valence-electron chi connectivity index (χ0n) is 20.5. The van der Waals surface area contributed by atoms with Gasteiger partial charge >= 0.3 is 0 Å². The van der Waals surface area contributed by atoms with Crippen LogP contribution in [0, 0.1) is 6.92 Å². The van der Waals surface area contributed by atoms with Gasteiger partial charge in [-0.1, -0.05) is 43.7 Å². The van der Waals surface area contributed by atoms with Gasteiger partial charge in [-0.25, -0.2) is 0 Å². The van der Waals surface area contributed by atoms with Crippen LogP contribution in [0.2, 0.25) is 0 Å². The molecule has 0 aromatic heterocycles. The minimum atomic E-state index is -0.578. The van der Waals surface area contributed by atoms with Crippen LogP contribution in [0.5, 0.6) is 0 Å². The lowest BCUT2D eigenvalue weighted by molar-refractivity contribution is -0.134. The van der Waals surface area contributed by atoms with E-state index in [4.69, 9.17) is 0 Å². The molecule has 1 atom stereocenters. The highest BCUT2D eigenvalue weighted by Crippen LogP contribution is 2.17. The lowest BCUT2D eigenvalue weighted by Crippen LogP contribution is -2.56. The van der Waals surface area contributed by atoms with Crippen molar-refractivity contribution in [3.8, 4) is 0 Å². The van der Waals surface area contributed by atoms with Gasteiger partial charge < -0.3 is 15.1 Å². The first-order valence-corrected chi connectivity index (χ1v) is 13.2. The van der Waals surface area contributed by atoms with Gasteiger partial charge in [-0.05, 0) is 61.1 Å². The van der Waals surface area contributed by atoms with Crippen LogP contribution in [-0.4, -0.2) is 71.8 Å². The molecule has 1 aliphatic heterocycles. The summed E-state index contributed by atoms with van der Waals surface area (Å²) in [7, 11) is 0. The highest BCUT2D eigenvalue weighted by Gasteiger charge is 2.30. The minimum Gasteiger partial charge on any atom is -0.340 e. The number of aryl methyl sites for hydroxylation is 1. The Bertz CT molecular complexity index is 998. The molecule has 7 heteroatoms. The second kappa shape index (κ2) is 12.1. The second-order valence-corrected chi connectivity index (χ2v) is 10.1. The Morgan fingerprint density at radius 3 is 2.18 bits per heavy atom. The first kappa shape index (κ1) is 25.8. The summed E-state index contributed by atoms with van der Waals surface area (Å²) in [4.78, 5) is 42.6. The molecular weight excluding hydrogens is 446 g/mol. The Labute approximate surface area is 207 Å². The topological polar surface area (TPSA) is 69.7 Å². The molecule has 1 N–H and O–H groups in total. The molecule has 0 bridgehead atoms. The number of amides is 3. The Hall–Kier alpha value is -2.80. The predicted molar refractivity (Wildman–Crippen MR) is 138 cm³/mol. The Morgan fingerprint density at radius 1 is 0.941 bits per heavy atom. The molecule has 1 unspecified atom stereocenters. The Kier molecular flexibility index (Phi) is 9.16. The summed E-state index contributed by atoms with van der Waals surface area (Å²) in [5.74, 6) is 0.874. The van der Waals surface area contributed by atoms with Gasteiger partial charge in [-0.3, -0.25) is 14.4 Å². The third kappa shape index (κ3) is 6.63. The quantitative estimate of drug-likeness (QED) is 0.620. The van der Waals surface area contributed by atoms with E-state index in [1.165, 1.54) is 5.56 Å². The van der Waals surface area contributed by atoms with Gasteiger partial charge in [0.15, 0.2) is 0 Å². The van der Waals surface area contributed by atoms with E-state index in [0.717, 1.165) is 11.3 Å². The normalized spacial score (nSPS) is 14.7. The number of hydrogen-bond acceptors (Lipinski definition) is 4. The maximum absolute atomic E-state index is 13.3. The van der Waals surface area contributed by atoms with Crippen LogP contribution in [0.1, 0.15) is 58.0 Å². The maximum Gasteiger partial charge on any atom is 0.253 e. The molecule has 0 spiro atoms. The first-order valence-electron chi connectivity index (χ1n) is 11.8. The minimum absolute atomic E-state index is 0.00547. The van der Waals surface area contributed by atoms with Crippen LogP contribution in [-0.2, 0) is 4.79 Å². The number of benzene rings is 2. The number of rotatable bonds is 8. The zero-order valence-corrected chi connectivity index (χ0v) is 21.4. The average molecular weight is 482 g/mol. The number of carbonyl (C=O) groups is 3. The third-order valence-corrected chi connectivity index (χ3v) is 6.84. The molecule has 3 rings (SSSR count). The fourth-order valence-electron chi connectivity index (χ4n) is 4.06. The van der Waals surface area contributed by atoms with Gasteiger partial charge in [-0.2, -0.15) is 11.8 Å². The summed E-state index contributed by atoms with van der Waals surface area (Å²) in [5, 5.41) is 2.94. The number of nitrogens with zero attached hydrogens (tertiary/aromatic N) is 2. The van der Waals surface area contributed by atoms with Crippen LogP contribution in [0.3, 0.4) is 0 Å². The molecule has 1 aliphatic rings. The van der Waals surface area contributed by atoms with Gasteiger partial charge in [0.25, 0.3) is 11.8 Å². The molecule has 1 saturated heterocycles. The molecule has 0 aliphatic carbocycles. The number of carbonyl (C=O) groups excluding carboxylic acids is 3. The van der Waals surface area contributed by atoms with E-state index in [1.54, 1.807) is 27.6 Å². The van der Waals surface area contributed by atoms with Crippen molar-refractivity contribution < 1.29 is 14.4 Å². The summed E-state index contributed by atoms with van der Waals surface area (Å²) in [6.45, 7) is 8.09. The van der Waals surface area contributed by atoms with Crippen molar-refractivity contribution in [2.45, 2.75) is 39.2 Å². The van der Waals surface area contributed by atoms with Crippen LogP contribution in [0.4, 0.5) is 0 Å². The summed E-state index contributed by atoms with van der Waals surface area (Å²) in [6, 6.07) is 14.6. The van der Waals surface area contributed by atoms with Gasteiger partial charge in [0, 0.05) is 37.3 Å². The predicted octanol–water partition coefficient (Wildman–Crippen LogP) is 3.95. The highest BCUT2D eigenvalue weighted by molar-refractivity contribution is 7.98. The highest BCUT2D eigenvalue weighted by atomic mass is 32.2. The van der Waals surface area contributed by atoms with Crippen molar-refractivity contribution in [2.24, 2.45) is 0 Å². The van der Waals surface area contributed by atoms with E-state index in [1.807, 2.05) is 55.6 Å². The van der Waals surface area contributed by atoms with E-state index < -0.39 is 6.04 Å². The largest absolute Gasteiger partial charge is 0.340 e. The van der Waals surface area contributed by atoms with E-state index >= 15 is 0 Å². The molecule has 2 aromatic carbocycles. The maximum atomic E-state index is 13.3. The smallest absolute Gasteiger partial charge is 0.253 e. The Balaban J connectivity index is 1.60. The van der Waals surface area contributed by atoms with Gasteiger partial charge in [0.05, 0.1) is 0 Å². The van der Waals surface area contributed by atoms with E-state index in [9.17, 15) is 14.4 Å². The van der Waals surface area contributed by atoms with Crippen molar-refractivity contribution in [1.29, 1.82) is 0 Å². The van der Waals surface area contributed by atoms with Crippen molar-refractivity contribution in [3.05, 3.63) is 70.8 Å². The molecule has 1 fully saturated rings. The van der Waals surface area contributed by atoms with Crippen molar-refractivity contribution >= 4 is 29.5 Å². The van der Waals surface area contributed by atoms with Crippen molar-refractivity contribution in [2.75, 3.05) is 38.2 Å². The third-order valence-electron chi connectivity index (χ3n) is 6.20. The van der Waals surface area contributed by atoms with Crippen LogP contribution in [0.25, 0.3) is 0 Å². The van der Waals surface area contributed by atoms with E-state index in [-0.39, 0.29) is 17.7 Å². The monoisotopic (exact) mass is 481 g/mol. The fraction of sp³-hybridized carbons (Fsp3) is 0.444. The molecule has 34 heavy (non-hydrogen) atoms. The zero-order chi connectivity index (χ0) is 24.7. The first-order chi connectivity index (χ1) is 16.3. The van der Waals surface area contributed by atoms with Crippen LogP contribution in [0.15, 0.2) is 48.5 Å². The number of nitrogens with one attached hydrogen (secondary N) is 1. The van der Waals surface area contributed by atoms with E-state index in [2.05, 4.69) is 19.2 Å². The van der Waals surface area contributed by atoms with E-state index in [0.29, 0.717) is 49.6 Å². The van der Waals surface area contributed by atoms with Crippen LogP contribution < -0.4 is 5.32 Å². The van der Waals surface area contributed by atoms with Gasteiger partial charge in [-0.15, -0.1) is 0 Å². The Morgan fingerprint density at radius 2 is 1.59 bits per heavy atom. The van der Waals surface area contributed by atoms with Crippen molar-refractivity contribution in [1.82, 2.24) is 15.1 Å². The number of thioether (sulfide) groups is 1. The standard InChI is InChI=1S/C27H35N3O3S/c1-19(2)21-8-10-22(11-9-21)26(32)29-13-15-30(16-14-29)27(33)24(12-17-34-4)28-25(31)23-7-5-6-20(3)18-23/h5-11,18-19,24H,12-17H2,1-4H3,(H,28,31). The summed E-state index contributed by atoms with van der Waals surface area (Å²) < 4.78 is 0. The van der Waals surface area contributed by atoms with Gasteiger partial charge in [0.1, 0.15) is 6.04 Å². The van der Waals surface area contributed by atoms with Crippen molar-refractivity contribution in [3.63, 3.8) is 0 Å². The molecule has 0 saturated carbocycles. The molecule has 2 aromatic rings. The fourth-order valence-corrected chi connectivity index (χ4v) is 4.54. The summed E-state index contributed by atoms with van der Waals surface area (Å²) in [5.41, 5.74) is 3.43. The molecule has 1 heterocycles. The molecule has 182 valence electrons. The summed E-state index contributed by atoms with van der Waals surface area (Å²) in [6.07, 6.45) is 2.56. The lowest BCUT2D eigenvalue weighted by Gasteiger charge is -2.36. The second-order valence-electron chi connectivity index (χ2n) is 9.07. The number of piperazine rings is 1. The molecule has 6 nitrogen and oxygen atoms in total. The van der Waals surface area contributed by atoms with Crippen LogP contribution >= 0.6 is 11.8 Å². The van der Waals surface area contributed by atoms with Gasteiger partial charge in [0.2, 0.25) is 5.91 Å².